The Labute approximate surface area is 144 Å². The number of amides is 1. The van der Waals surface area contributed by atoms with Crippen LogP contribution in [-0.2, 0) is 10.2 Å². The maximum absolute atomic E-state index is 13.3. The first-order chi connectivity index (χ1) is 11.4. The molecule has 5 nitrogen and oxygen atoms in total. The highest BCUT2D eigenvalue weighted by Gasteiger charge is 2.50. The number of fused-ring (bicyclic) bond motifs is 3. The second kappa shape index (κ2) is 5.46. The molecule has 5 heteroatoms. The fraction of sp³-hybridized carbons (Fsp3) is 0.579. The molecule has 24 heavy (non-hydrogen) atoms. The zero-order valence-electron chi connectivity index (χ0n) is 14.8. The lowest BCUT2D eigenvalue weighted by molar-refractivity contribution is -0.138. The van der Waals surface area contributed by atoms with Crippen LogP contribution >= 0.6 is 0 Å². The summed E-state index contributed by atoms with van der Waals surface area (Å²) in [6, 6.07) is 8.79. The van der Waals surface area contributed by atoms with Gasteiger partial charge in [0.2, 0.25) is 0 Å². The highest BCUT2D eigenvalue weighted by molar-refractivity contribution is 5.89. The van der Waals surface area contributed by atoms with Gasteiger partial charge < -0.3 is 5.32 Å². The van der Waals surface area contributed by atoms with Crippen LogP contribution in [0.15, 0.2) is 24.3 Å². The van der Waals surface area contributed by atoms with Crippen LogP contribution in [0.3, 0.4) is 0 Å². The second-order valence-electron chi connectivity index (χ2n) is 8.08. The number of carbonyl (C=O) groups excluding carboxylic acids is 1. The summed E-state index contributed by atoms with van der Waals surface area (Å²) in [6.45, 7) is 6.94. The Morgan fingerprint density at radius 1 is 1.33 bits per heavy atom. The van der Waals surface area contributed by atoms with Crippen molar-refractivity contribution in [1.82, 2.24) is 15.6 Å². The van der Waals surface area contributed by atoms with Crippen LogP contribution in [0.1, 0.15) is 32.3 Å². The summed E-state index contributed by atoms with van der Waals surface area (Å²) in [5.41, 5.74) is 5.22. The Kier molecular flexibility index (Phi) is 3.62. The Morgan fingerprint density at radius 3 is 2.96 bits per heavy atom. The SMILES string of the molecule is CN1C2C[CH]CC1(C(=O)NN1CC(C)(C)c3ccccc31)CNC2. The molecule has 3 heterocycles. The summed E-state index contributed by atoms with van der Waals surface area (Å²) >= 11 is 0. The van der Waals surface area contributed by atoms with Crippen LogP contribution in [-0.4, -0.2) is 49.1 Å². The minimum Gasteiger partial charge on any atom is -0.313 e. The van der Waals surface area contributed by atoms with E-state index in [1.165, 1.54) is 5.56 Å². The van der Waals surface area contributed by atoms with Gasteiger partial charge in [0.15, 0.2) is 0 Å². The molecule has 0 saturated carbocycles. The molecular formula is C19H27N4O. The summed E-state index contributed by atoms with van der Waals surface area (Å²) in [6.07, 6.45) is 4.14. The van der Waals surface area contributed by atoms with Gasteiger partial charge in [0.25, 0.3) is 5.91 Å². The summed E-state index contributed by atoms with van der Waals surface area (Å²) in [5, 5.41) is 5.50. The van der Waals surface area contributed by atoms with Crippen molar-refractivity contribution < 1.29 is 4.79 Å². The normalized spacial score (nSPS) is 31.6. The number of anilines is 1. The number of hydrogen-bond donors (Lipinski definition) is 2. The van der Waals surface area contributed by atoms with Gasteiger partial charge in [-0.15, -0.1) is 0 Å². The predicted molar refractivity (Wildman–Crippen MR) is 95.6 cm³/mol. The third kappa shape index (κ3) is 2.25. The molecule has 1 aromatic carbocycles. The van der Waals surface area contributed by atoms with Crippen molar-refractivity contribution in [1.29, 1.82) is 0 Å². The van der Waals surface area contributed by atoms with E-state index in [0.29, 0.717) is 12.6 Å². The third-order valence-electron chi connectivity index (χ3n) is 6.08. The molecule has 1 amide bonds. The Hall–Kier alpha value is -1.59. The predicted octanol–water partition coefficient (Wildman–Crippen LogP) is 1.46. The maximum atomic E-state index is 13.3. The fourth-order valence-electron chi connectivity index (χ4n) is 4.54. The van der Waals surface area contributed by atoms with E-state index in [0.717, 1.165) is 31.6 Å². The molecule has 0 aromatic heterocycles. The number of hydrogen-bond acceptors (Lipinski definition) is 4. The number of nitrogens with one attached hydrogen (secondary N) is 2. The first-order valence-electron chi connectivity index (χ1n) is 8.87. The molecule has 2 N–H and O–H groups in total. The summed E-state index contributed by atoms with van der Waals surface area (Å²) < 4.78 is 0. The number of rotatable bonds is 2. The van der Waals surface area contributed by atoms with Gasteiger partial charge in [0.05, 0.1) is 5.69 Å². The molecule has 1 radical (unpaired) electrons. The molecular weight excluding hydrogens is 300 g/mol. The average molecular weight is 327 g/mol. The monoisotopic (exact) mass is 327 g/mol. The lowest BCUT2D eigenvalue weighted by Gasteiger charge is -2.52. The van der Waals surface area contributed by atoms with Gasteiger partial charge >= 0.3 is 0 Å². The number of piperidine rings is 1. The molecule has 4 rings (SSSR count). The van der Waals surface area contributed by atoms with E-state index in [4.69, 9.17) is 0 Å². The standard InChI is InChI=1S/C19H27N4O/c1-18(2)13-23(16-9-5-4-8-15(16)18)21-17(24)19-10-6-7-14(22(19)3)11-20-12-19/h4-6,8-9,14,20H,7,10-13H2,1-3H3,(H,21,24). The highest BCUT2D eigenvalue weighted by Crippen LogP contribution is 2.40. The number of likely N-dealkylation sites (N-methyl/N-ethyl adjacent to an activating group) is 1. The zero-order valence-corrected chi connectivity index (χ0v) is 14.8. The first kappa shape index (κ1) is 15.9. The summed E-state index contributed by atoms with van der Waals surface area (Å²) in [5.74, 6) is 0.102. The number of nitrogens with zero attached hydrogens (tertiary/aromatic N) is 2. The van der Waals surface area contributed by atoms with Gasteiger partial charge in [-0.1, -0.05) is 32.0 Å². The first-order valence-corrected chi connectivity index (χ1v) is 8.87. The van der Waals surface area contributed by atoms with Crippen molar-refractivity contribution in [3.8, 4) is 0 Å². The van der Waals surface area contributed by atoms with Gasteiger partial charge in [-0.2, -0.15) is 0 Å². The number of benzene rings is 1. The molecule has 2 bridgehead atoms. The van der Waals surface area contributed by atoms with Gasteiger partial charge in [0, 0.05) is 31.1 Å². The minimum absolute atomic E-state index is 0.0412. The van der Waals surface area contributed by atoms with Crippen molar-refractivity contribution in [2.75, 3.05) is 31.7 Å². The molecule has 3 aliphatic rings. The van der Waals surface area contributed by atoms with Gasteiger partial charge in [0.1, 0.15) is 5.54 Å². The molecule has 2 fully saturated rings. The van der Waals surface area contributed by atoms with E-state index in [2.05, 4.69) is 61.2 Å². The lowest BCUT2D eigenvalue weighted by atomic mass is 9.80. The van der Waals surface area contributed by atoms with Crippen molar-refractivity contribution in [2.24, 2.45) is 0 Å². The average Bonchev–Trinajstić information content (AvgIpc) is 2.79. The third-order valence-corrected chi connectivity index (χ3v) is 6.08. The van der Waals surface area contributed by atoms with E-state index >= 15 is 0 Å². The summed E-state index contributed by atoms with van der Waals surface area (Å²) in [7, 11) is 2.10. The zero-order chi connectivity index (χ0) is 16.9. The fourth-order valence-corrected chi connectivity index (χ4v) is 4.54. The van der Waals surface area contributed by atoms with E-state index in [-0.39, 0.29) is 11.3 Å². The highest BCUT2D eigenvalue weighted by atomic mass is 16.2. The van der Waals surface area contributed by atoms with Gasteiger partial charge in [-0.05, 0) is 37.9 Å². The minimum atomic E-state index is -0.469. The molecule has 0 aliphatic carbocycles. The van der Waals surface area contributed by atoms with Crippen molar-refractivity contribution in [3.63, 3.8) is 0 Å². The van der Waals surface area contributed by atoms with Crippen LogP contribution in [0.25, 0.3) is 0 Å². The van der Waals surface area contributed by atoms with E-state index < -0.39 is 5.54 Å². The molecule has 2 unspecified atom stereocenters. The molecule has 2 atom stereocenters. The molecule has 3 aliphatic heterocycles. The number of hydrazine groups is 1. The molecule has 1 aromatic rings. The number of para-hydroxylation sites is 1. The topological polar surface area (TPSA) is 47.6 Å². The largest absolute Gasteiger partial charge is 0.313 e. The van der Waals surface area contributed by atoms with Crippen molar-refractivity contribution in [3.05, 3.63) is 36.2 Å². The molecule has 2 saturated heterocycles. The van der Waals surface area contributed by atoms with Crippen molar-refractivity contribution in [2.45, 2.75) is 43.7 Å². The van der Waals surface area contributed by atoms with Crippen molar-refractivity contribution >= 4 is 11.6 Å². The number of piperazine rings is 1. The molecule has 129 valence electrons. The Morgan fingerprint density at radius 2 is 2.12 bits per heavy atom. The van der Waals surface area contributed by atoms with Crippen LogP contribution in [0.2, 0.25) is 0 Å². The van der Waals surface area contributed by atoms with Crippen LogP contribution < -0.4 is 15.8 Å². The maximum Gasteiger partial charge on any atom is 0.260 e. The second-order valence-corrected chi connectivity index (χ2v) is 8.08. The summed E-state index contributed by atoms with van der Waals surface area (Å²) in [4.78, 5) is 15.5. The lowest BCUT2D eigenvalue weighted by Crippen LogP contribution is -2.73. The quantitative estimate of drug-likeness (QED) is 0.863. The van der Waals surface area contributed by atoms with E-state index in [1.807, 2.05) is 11.1 Å². The van der Waals surface area contributed by atoms with Crippen LogP contribution in [0.5, 0.6) is 0 Å². The van der Waals surface area contributed by atoms with Crippen LogP contribution in [0, 0.1) is 6.42 Å². The smallest absolute Gasteiger partial charge is 0.260 e. The van der Waals surface area contributed by atoms with E-state index in [9.17, 15) is 4.79 Å². The Bertz CT molecular complexity index is 647. The Balaban J connectivity index is 1.59. The molecule has 0 spiro atoms. The number of carbonyl (C=O) groups is 1. The van der Waals surface area contributed by atoms with Crippen LogP contribution in [0.4, 0.5) is 5.69 Å². The van der Waals surface area contributed by atoms with Gasteiger partial charge in [-0.3, -0.25) is 20.1 Å². The van der Waals surface area contributed by atoms with E-state index in [1.54, 1.807) is 0 Å². The van der Waals surface area contributed by atoms with Gasteiger partial charge in [-0.25, -0.2) is 0 Å².